The second-order valence-corrected chi connectivity index (χ2v) is 5.83. The van der Waals surface area contributed by atoms with Crippen molar-refractivity contribution in [3.05, 3.63) is 65.7 Å². The van der Waals surface area contributed by atoms with E-state index in [2.05, 4.69) is 10.1 Å². The molecule has 24 heavy (non-hydrogen) atoms. The number of nitrogens with one attached hydrogen (secondary N) is 1. The molecule has 0 spiro atoms. The van der Waals surface area contributed by atoms with E-state index >= 15 is 0 Å². The Morgan fingerprint density at radius 2 is 1.58 bits per heavy atom. The summed E-state index contributed by atoms with van der Waals surface area (Å²) in [4.78, 5) is 12.5. The van der Waals surface area contributed by atoms with E-state index in [1.807, 2.05) is 30.3 Å². The van der Waals surface area contributed by atoms with Crippen LogP contribution in [-0.4, -0.2) is 12.3 Å². The van der Waals surface area contributed by atoms with E-state index in [-0.39, 0.29) is 23.8 Å². The van der Waals surface area contributed by atoms with Gasteiger partial charge in [0.05, 0.1) is 5.41 Å². The van der Waals surface area contributed by atoms with Crippen LogP contribution in [0.4, 0.5) is 13.2 Å². The Labute approximate surface area is 138 Å². The first-order valence-electron chi connectivity index (χ1n) is 7.37. The molecule has 0 bridgehead atoms. The zero-order chi connectivity index (χ0) is 17.8. The standard InChI is InChI=1S/C18H18F3NO2/c1-17(2,14-9-4-3-5-10-14)16(23)22-12-13-8-6-7-11-15(13)24-18(19,20)21/h3-11H,12H2,1-2H3,(H,22,23). The van der Waals surface area contributed by atoms with Crippen molar-refractivity contribution >= 4 is 5.91 Å². The van der Waals surface area contributed by atoms with Gasteiger partial charge >= 0.3 is 6.36 Å². The number of alkyl halides is 3. The second kappa shape index (κ2) is 6.95. The smallest absolute Gasteiger partial charge is 0.405 e. The van der Waals surface area contributed by atoms with Crippen molar-refractivity contribution in [2.45, 2.75) is 32.2 Å². The average molecular weight is 337 g/mol. The van der Waals surface area contributed by atoms with Gasteiger partial charge in [-0.05, 0) is 25.5 Å². The van der Waals surface area contributed by atoms with Gasteiger partial charge in [-0.1, -0.05) is 48.5 Å². The zero-order valence-electron chi connectivity index (χ0n) is 13.4. The highest BCUT2D eigenvalue weighted by molar-refractivity contribution is 5.87. The van der Waals surface area contributed by atoms with Crippen molar-refractivity contribution in [2.75, 3.05) is 0 Å². The monoisotopic (exact) mass is 337 g/mol. The van der Waals surface area contributed by atoms with Crippen LogP contribution in [0.25, 0.3) is 0 Å². The lowest BCUT2D eigenvalue weighted by Crippen LogP contribution is -2.39. The minimum atomic E-state index is -4.77. The molecule has 0 heterocycles. The maximum atomic E-state index is 12.5. The van der Waals surface area contributed by atoms with Gasteiger partial charge in [-0.3, -0.25) is 4.79 Å². The second-order valence-electron chi connectivity index (χ2n) is 5.83. The molecule has 0 aliphatic rings. The molecule has 2 aromatic rings. The van der Waals surface area contributed by atoms with Gasteiger partial charge in [0.25, 0.3) is 0 Å². The summed E-state index contributed by atoms with van der Waals surface area (Å²) in [6.07, 6.45) is -4.77. The van der Waals surface area contributed by atoms with E-state index in [4.69, 9.17) is 0 Å². The number of carbonyl (C=O) groups excluding carboxylic acids is 1. The fraction of sp³-hybridized carbons (Fsp3) is 0.278. The molecule has 0 aromatic heterocycles. The first kappa shape index (κ1) is 17.8. The van der Waals surface area contributed by atoms with E-state index in [1.165, 1.54) is 18.2 Å². The topological polar surface area (TPSA) is 38.3 Å². The SMILES string of the molecule is CC(C)(C(=O)NCc1ccccc1OC(F)(F)F)c1ccccc1. The van der Waals surface area contributed by atoms with Crippen molar-refractivity contribution in [3.8, 4) is 5.75 Å². The molecule has 0 atom stereocenters. The van der Waals surface area contributed by atoms with Crippen LogP contribution in [0.1, 0.15) is 25.0 Å². The van der Waals surface area contributed by atoms with Crippen LogP contribution < -0.4 is 10.1 Å². The molecule has 0 aliphatic carbocycles. The summed E-state index contributed by atoms with van der Waals surface area (Å²) in [5.41, 5.74) is 0.274. The van der Waals surface area contributed by atoms with Crippen molar-refractivity contribution in [2.24, 2.45) is 0 Å². The number of benzene rings is 2. The number of para-hydroxylation sites is 1. The molecule has 0 radical (unpaired) electrons. The minimum Gasteiger partial charge on any atom is -0.405 e. The summed E-state index contributed by atoms with van der Waals surface area (Å²) in [5.74, 6) is -0.599. The predicted octanol–water partition coefficient (Wildman–Crippen LogP) is 4.18. The normalized spacial score (nSPS) is 11.9. The molecule has 0 saturated heterocycles. The highest BCUT2D eigenvalue weighted by atomic mass is 19.4. The molecule has 6 heteroatoms. The first-order chi connectivity index (χ1) is 11.2. The van der Waals surface area contributed by atoms with Gasteiger partial charge in [-0.15, -0.1) is 13.2 Å². The number of amides is 1. The lowest BCUT2D eigenvalue weighted by Gasteiger charge is -2.24. The van der Waals surface area contributed by atoms with Gasteiger partial charge in [-0.2, -0.15) is 0 Å². The summed E-state index contributed by atoms with van der Waals surface area (Å²) in [6, 6.07) is 14.9. The van der Waals surface area contributed by atoms with Gasteiger partial charge in [0, 0.05) is 12.1 Å². The van der Waals surface area contributed by atoms with E-state index in [1.54, 1.807) is 19.9 Å². The summed E-state index contributed by atoms with van der Waals surface area (Å²) >= 11 is 0. The summed E-state index contributed by atoms with van der Waals surface area (Å²) in [7, 11) is 0. The molecule has 0 fully saturated rings. The largest absolute Gasteiger partial charge is 0.573 e. The third kappa shape index (κ3) is 4.50. The quantitative estimate of drug-likeness (QED) is 0.889. The minimum absolute atomic E-state index is 0.0542. The molecule has 0 saturated carbocycles. The van der Waals surface area contributed by atoms with Crippen LogP contribution >= 0.6 is 0 Å². The van der Waals surface area contributed by atoms with Crippen molar-refractivity contribution in [3.63, 3.8) is 0 Å². The molecule has 0 unspecified atom stereocenters. The Bertz CT molecular complexity index is 697. The third-order valence-electron chi connectivity index (χ3n) is 3.70. The maximum Gasteiger partial charge on any atom is 0.573 e. The van der Waals surface area contributed by atoms with Gasteiger partial charge in [0.2, 0.25) is 5.91 Å². The van der Waals surface area contributed by atoms with Gasteiger partial charge in [0.1, 0.15) is 5.75 Å². The number of rotatable bonds is 5. The van der Waals surface area contributed by atoms with Gasteiger partial charge in [-0.25, -0.2) is 0 Å². The molecule has 128 valence electrons. The van der Waals surface area contributed by atoms with Gasteiger partial charge < -0.3 is 10.1 Å². The number of halogens is 3. The molecule has 2 aromatic carbocycles. The van der Waals surface area contributed by atoms with E-state index in [0.29, 0.717) is 0 Å². The van der Waals surface area contributed by atoms with E-state index < -0.39 is 11.8 Å². The number of hydrogen-bond donors (Lipinski definition) is 1. The van der Waals surface area contributed by atoms with Crippen LogP contribution in [0.2, 0.25) is 0 Å². The highest BCUT2D eigenvalue weighted by Crippen LogP contribution is 2.27. The van der Waals surface area contributed by atoms with Crippen LogP contribution in [0.3, 0.4) is 0 Å². The molecule has 2 rings (SSSR count). The van der Waals surface area contributed by atoms with Gasteiger partial charge in [0.15, 0.2) is 0 Å². The number of ether oxygens (including phenoxy) is 1. The molecule has 0 aliphatic heterocycles. The zero-order valence-corrected chi connectivity index (χ0v) is 13.4. The van der Waals surface area contributed by atoms with Crippen molar-refractivity contribution < 1.29 is 22.7 Å². The van der Waals surface area contributed by atoms with Crippen LogP contribution in [-0.2, 0) is 16.8 Å². The first-order valence-corrected chi connectivity index (χ1v) is 7.37. The summed E-state index contributed by atoms with van der Waals surface area (Å²) in [6.45, 7) is 3.47. The van der Waals surface area contributed by atoms with E-state index in [9.17, 15) is 18.0 Å². The Morgan fingerprint density at radius 3 is 2.21 bits per heavy atom. The Kier molecular flexibility index (Phi) is 5.17. The van der Waals surface area contributed by atoms with Crippen LogP contribution in [0.15, 0.2) is 54.6 Å². The lowest BCUT2D eigenvalue weighted by atomic mass is 9.84. The lowest BCUT2D eigenvalue weighted by molar-refractivity contribution is -0.274. The Balaban J connectivity index is 2.10. The summed E-state index contributed by atoms with van der Waals surface area (Å²) < 4.78 is 41.2. The molecule has 3 nitrogen and oxygen atoms in total. The number of carbonyl (C=O) groups is 1. The molecular formula is C18H18F3NO2. The fourth-order valence-corrected chi connectivity index (χ4v) is 2.26. The van der Waals surface area contributed by atoms with Crippen molar-refractivity contribution in [1.82, 2.24) is 5.32 Å². The number of hydrogen-bond acceptors (Lipinski definition) is 2. The van der Waals surface area contributed by atoms with Crippen molar-refractivity contribution in [1.29, 1.82) is 0 Å². The highest BCUT2D eigenvalue weighted by Gasteiger charge is 2.32. The molecule has 1 amide bonds. The Hall–Kier alpha value is -2.50. The molecule has 1 N–H and O–H groups in total. The van der Waals surface area contributed by atoms with E-state index in [0.717, 1.165) is 5.56 Å². The maximum absolute atomic E-state index is 12.5. The third-order valence-corrected chi connectivity index (χ3v) is 3.70. The Morgan fingerprint density at radius 1 is 1.00 bits per heavy atom. The van der Waals surface area contributed by atoms with Crippen LogP contribution in [0.5, 0.6) is 5.75 Å². The molecular weight excluding hydrogens is 319 g/mol. The van der Waals surface area contributed by atoms with Crippen LogP contribution in [0, 0.1) is 0 Å². The fourth-order valence-electron chi connectivity index (χ4n) is 2.26. The summed E-state index contributed by atoms with van der Waals surface area (Å²) in [5, 5.41) is 2.68. The average Bonchev–Trinajstić information content (AvgIpc) is 2.53. The predicted molar refractivity (Wildman–Crippen MR) is 84.4 cm³/mol.